The number of para-hydroxylation sites is 1. The van der Waals surface area contributed by atoms with Crippen molar-refractivity contribution in [3.63, 3.8) is 0 Å². The summed E-state index contributed by atoms with van der Waals surface area (Å²) in [6.45, 7) is 0. The molecule has 0 saturated carbocycles. The lowest BCUT2D eigenvalue weighted by Gasteiger charge is -2.38. The van der Waals surface area contributed by atoms with Gasteiger partial charge in [-0.15, -0.1) is 11.3 Å². The molecular weight excluding hydrogens is 432 g/mol. The van der Waals surface area contributed by atoms with E-state index in [2.05, 4.69) is 26.8 Å². The number of thiophene rings is 1. The second-order valence-electron chi connectivity index (χ2n) is 7.28. The van der Waals surface area contributed by atoms with Crippen LogP contribution in [0, 0.1) is 0 Å². The van der Waals surface area contributed by atoms with Gasteiger partial charge in [-0.2, -0.15) is 10.1 Å². The molecule has 0 bridgehead atoms. The number of methoxy groups -OCH3 is 1. The molecule has 2 aromatic carbocycles. The monoisotopic (exact) mass is 448 g/mol. The van der Waals surface area contributed by atoms with Crippen LogP contribution in [0.25, 0.3) is 5.70 Å². The van der Waals surface area contributed by atoms with Crippen LogP contribution in [0.15, 0.2) is 71.9 Å². The molecule has 2 atom stereocenters. The predicted octanol–water partition coefficient (Wildman–Crippen LogP) is 5.56. The molecule has 0 radical (unpaired) electrons. The molecule has 0 aliphatic carbocycles. The number of hydrogen-bond donors (Lipinski definition) is 1. The van der Waals surface area contributed by atoms with Crippen molar-refractivity contribution >= 4 is 34.6 Å². The van der Waals surface area contributed by atoms with E-state index in [9.17, 15) is 0 Å². The van der Waals surface area contributed by atoms with E-state index in [1.54, 1.807) is 24.8 Å². The minimum Gasteiger partial charge on any atom is -0.496 e. The van der Waals surface area contributed by atoms with Gasteiger partial charge in [-0.3, -0.25) is 0 Å². The fourth-order valence-corrected chi connectivity index (χ4v) is 5.30. The number of hydrogen-bond acceptors (Lipinski definition) is 6. The summed E-state index contributed by atoms with van der Waals surface area (Å²) in [6.07, 6.45) is 1.19. The predicted molar refractivity (Wildman–Crippen MR) is 121 cm³/mol. The highest BCUT2D eigenvalue weighted by atomic mass is 35.5. The lowest BCUT2D eigenvalue weighted by atomic mass is 9.86. The molecule has 0 spiro atoms. The van der Waals surface area contributed by atoms with Crippen molar-refractivity contribution in [2.75, 3.05) is 12.4 Å². The largest absolute Gasteiger partial charge is 0.496 e. The SMILES string of the molecule is COc1ccccc1C1Oc2ccc(Cl)cc2C2=C1C(c1cccs1)n1ncnc1N2. The number of nitrogens with one attached hydrogen (secondary N) is 1. The van der Waals surface area contributed by atoms with Gasteiger partial charge in [0.05, 0.1) is 12.8 Å². The molecule has 154 valence electrons. The van der Waals surface area contributed by atoms with Crippen LogP contribution in [0.5, 0.6) is 11.5 Å². The average Bonchev–Trinajstić information content (AvgIpc) is 3.49. The van der Waals surface area contributed by atoms with E-state index in [0.29, 0.717) is 11.0 Å². The van der Waals surface area contributed by atoms with Crippen LogP contribution < -0.4 is 14.8 Å². The number of halogens is 1. The number of ether oxygens (including phenoxy) is 2. The highest BCUT2D eigenvalue weighted by Gasteiger charge is 2.42. The summed E-state index contributed by atoms with van der Waals surface area (Å²) in [6, 6.07) is 17.6. The third kappa shape index (κ3) is 2.85. The van der Waals surface area contributed by atoms with E-state index in [1.165, 1.54) is 0 Å². The van der Waals surface area contributed by atoms with E-state index in [-0.39, 0.29) is 12.1 Å². The highest BCUT2D eigenvalue weighted by molar-refractivity contribution is 7.10. The summed E-state index contributed by atoms with van der Waals surface area (Å²) in [5, 5.41) is 10.7. The van der Waals surface area contributed by atoms with Gasteiger partial charge in [-0.1, -0.05) is 35.9 Å². The third-order valence-electron chi connectivity index (χ3n) is 5.61. The second-order valence-corrected chi connectivity index (χ2v) is 8.70. The Morgan fingerprint density at radius 1 is 1.16 bits per heavy atom. The Bertz CT molecular complexity index is 1310. The molecule has 2 aromatic heterocycles. The van der Waals surface area contributed by atoms with Gasteiger partial charge < -0.3 is 14.8 Å². The first-order valence-electron chi connectivity index (χ1n) is 9.78. The maximum atomic E-state index is 6.61. The van der Waals surface area contributed by atoms with Gasteiger partial charge in [0.25, 0.3) is 0 Å². The lowest BCUT2D eigenvalue weighted by molar-refractivity contribution is 0.218. The van der Waals surface area contributed by atoms with E-state index in [1.807, 2.05) is 53.2 Å². The van der Waals surface area contributed by atoms with E-state index in [0.717, 1.165) is 38.8 Å². The molecule has 4 aromatic rings. The van der Waals surface area contributed by atoms with Crippen molar-refractivity contribution in [2.24, 2.45) is 0 Å². The number of rotatable bonds is 3. The molecule has 4 heterocycles. The lowest BCUT2D eigenvalue weighted by Crippen LogP contribution is -2.32. The Morgan fingerprint density at radius 3 is 2.90 bits per heavy atom. The van der Waals surface area contributed by atoms with Gasteiger partial charge in [-0.25, -0.2) is 4.68 Å². The van der Waals surface area contributed by atoms with Gasteiger partial charge in [0, 0.05) is 26.6 Å². The number of anilines is 1. The van der Waals surface area contributed by atoms with Crippen molar-refractivity contribution in [2.45, 2.75) is 12.1 Å². The molecule has 0 fully saturated rings. The maximum absolute atomic E-state index is 6.61. The molecule has 6 rings (SSSR count). The standard InChI is InChI=1S/C23H17ClN4O2S/c1-29-16-6-3-2-5-14(16)22-19-20(15-11-13(24)8-9-17(15)30-22)27-23-25-12-26-28(23)21(19)18-7-4-10-31-18/h2-12,21-22H,1H3,(H,25,26,27). The van der Waals surface area contributed by atoms with Crippen LogP contribution in [-0.2, 0) is 0 Å². The molecule has 0 saturated heterocycles. The Labute approximate surface area is 187 Å². The van der Waals surface area contributed by atoms with Crippen molar-refractivity contribution in [1.29, 1.82) is 0 Å². The number of fused-ring (bicyclic) bond motifs is 3. The van der Waals surface area contributed by atoms with Crippen molar-refractivity contribution < 1.29 is 9.47 Å². The highest BCUT2D eigenvalue weighted by Crippen LogP contribution is 2.52. The molecule has 1 N–H and O–H groups in total. The molecule has 2 unspecified atom stereocenters. The Morgan fingerprint density at radius 2 is 2.06 bits per heavy atom. The molecule has 8 heteroatoms. The topological polar surface area (TPSA) is 61.2 Å². The number of aromatic nitrogens is 3. The first-order chi connectivity index (χ1) is 15.2. The molecular formula is C23H17ClN4O2S. The first kappa shape index (κ1) is 18.5. The number of nitrogens with zero attached hydrogens (tertiary/aromatic N) is 3. The molecule has 2 aliphatic rings. The van der Waals surface area contributed by atoms with Gasteiger partial charge in [0.15, 0.2) is 6.10 Å². The summed E-state index contributed by atoms with van der Waals surface area (Å²) in [4.78, 5) is 5.60. The summed E-state index contributed by atoms with van der Waals surface area (Å²) in [7, 11) is 1.68. The van der Waals surface area contributed by atoms with E-state index >= 15 is 0 Å². The molecule has 0 amide bonds. The van der Waals surface area contributed by atoms with Crippen LogP contribution in [0.2, 0.25) is 5.02 Å². The zero-order valence-electron chi connectivity index (χ0n) is 16.4. The van der Waals surface area contributed by atoms with Crippen LogP contribution in [0.3, 0.4) is 0 Å². The van der Waals surface area contributed by atoms with Crippen LogP contribution in [0.4, 0.5) is 5.95 Å². The Hall–Kier alpha value is -3.29. The fourth-order valence-electron chi connectivity index (χ4n) is 4.30. The number of benzene rings is 2. The summed E-state index contributed by atoms with van der Waals surface area (Å²) in [5.41, 5.74) is 3.84. The van der Waals surface area contributed by atoms with Crippen LogP contribution in [0.1, 0.15) is 28.1 Å². The summed E-state index contributed by atoms with van der Waals surface area (Å²) < 4.78 is 14.2. The summed E-state index contributed by atoms with van der Waals surface area (Å²) in [5.74, 6) is 2.21. The average molecular weight is 449 g/mol. The van der Waals surface area contributed by atoms with Crippen molar-refractivity contribution in [3.8, 4) is 11.5 Å². The van der Waals surface area contributed by atoms with E-state index < -0.39 is 0 Å². The van der Waals surface area contributed by atoms with Gasteiger partial charge in [0.2, 0.25) is 5.95 Å². The van der Waals surface area contributed by atoms with Gasteiger partial charge >= 0.3 is 0 Å². The minimum absolute atomic E-state index is 0.171. The zero-order chi connectivity index (χ0) is 20.9. The zero-order valence-corrected chi connectivity index (χ0v) is 18.0. The fraction of sp³-hybridized carbons (Fsp3) is 0.130. The third-order valence-corrected chi connectivity index (χ3v) is 6.77. The second kappa shape index (κ2) is 7.14. The minimum atomic E-state index is -0.378. The Balaban J connectivity index is 1.65. The smallest absolute Gasteiger partial charge is 0.226 e. The molecule has 6 nitrogen and oxygen atoms in total. The summed E-state index contributed by atoms with van der Waals surface area (Å²) >= 11 is 8.05. The van der Waals surface area contributed by atoms with Gasteiger partial charge in [-0.05, 0) is 35.7 Å². The molecule has 31 heavy (non-hydrogen) atoms. The van der Waals surface area contributed by atoms with E-state index in [4.69, 9.17) is 21.1 Å². The van der Waals surface area contributed by atoms with Gasteiger partial charge in [0.1, 0.15) is 23.9 Å². The van der Waals surface area contributed by atoms with Crippen molar-refractivity contribution in [1.82, 2.24) is 14.8 Å². The van der Waals surface area contributed by atoms with Crippen LogP contribution >= 0.6 is 22.9 Å². The Kier molecular flexibility index (Phi) is 4.26. The maximum Gasteiger partial charge on any atom is 0.226 e. The molecule has 2 aliphatic heterocycles. The first-order valence-corrected chi connectivity index (χ1v) is 11.0. The quantitative estimate of drug-likeness (QED) is 0.444. The van der Waals surface area contributed by atoms with Crippen molar-refractivity contribution in [3.05, 3.63) is 92.9 Å². The normalized spacial score (nSPS) is 19.0. The van der Waals surface area contributed by atoms with Crippen LogP contribution in [-0.4, -0.2) is 21.9 Å².